The summed E-state index contributed by atoms with van der Waals surface area (Å²) in [6.45, 7) is 7.05. The Hall–Kier alpha value is -1.48. The van der Waals surface area contributed by atoms with Crippen LogP contribution in [0.25, 0.3) is 5.70 Å². The highest BCUT2D eigenvalue weighted by molar-refractivity contribution is 5.66. The van der Waals surface area contributed by atoms with Crippen LogP contribution in [0.1, 0.15) is 25.0 Å². The summed E-state index contributed by atoms with van der Waals surface area (Å²) in [6.07, 6.45) is 2.51. The molecule has 1 heterocycles. The summed E-state index contributed by atoms with van der Waals surface area (Å²) in [5, 5.41) is 6.70. The molecule has 18 heavy (non-hydrogen) atoms. The maximum Gasteiger partial charge on any atom is 0.111 e. The van der Waals surface area contributed by atoms with E-state index in [1.165, 1.54) is 16.8 Å². The lowest BCUT2D eigenvalue weighted by Gasteiger charge is -2.20. The van der Waals surface area contributed by atoms with Crippen molar-refractivity contribution in [3.63, 3.8) is 0 Å². The fourth-order valence-electron chi connectivity index (χ4n) is 1.97. The molecule has 0 saturated heterocycles. The van der Waals surface area contributed by atoms with Crippen molar-refractivity contribution >= 4 is 5.70 Å². The third kappa shape index (κ3) is 3.50. The first-order valence-electron chi connectivity index (χ1n) is 6.62. The molecule has 0 fully saturated rings. The van der Waals surface area contributed by atoms with Gasteiger partial charge >= 0.3 is 0 Å². The van der Waals surface area contributed by atoms with Gasteiger partial charge < -0.3 is 15.5 Å². The fraction of sp³-hybridized carbons (Fsp3) is 0.467. The maximum absolute atomic E-state index is 3.51. The number of aryl methyl sites for hydroxylation is 1. The highest BCUT2D eigenvalue weighted by Crippen LogP contribution is 2.19. The third-order valence-corrected chi connectivity index (χ3v) is 2.87. The minimum atomic E-state index is 0.348. The van der Waals surface area contributed by atoms with Gasteiger partial charge in [-0.25, -0.2) is 0 Å². The molecule has 2 N–H and O–H groups in total. The predicted octanol–water partition coefficient (Wildman–Crippen LogP) is 2.40. The summed E-state index contributed by atoms with van der Waals surface area (Å²) < 4.78 is 0. The summed E-state index contributed by atoms with van der Waals surface area (Å²) >= 11 is 0. The smallest absolute Gasteiger partial charge is 0.111 e. The van der Waals surface area contributed by atoms with Gasteiger partial charge in [0.1, 0.15) is 6.17 Å². The van der Waals surface area contributed by atoms with Gasteiger partial charge in [-0.05, 0) is 25.6 Å². The molecule has 0 aromatic heterocycles. The third-order valence-electron chi connectivity index (χ3n) is 2.87. The van der Waals surface area contributed by atoms with Crippen molar-refractivity contribution in [2.75, 3.05) is 20.6 Å². The van der Waals surface area contributed by atoms with Gasteiger partial charge in [0.15, 0.2) is 0 Å². The minimum Gasteiger partial charge on any atom is -0.363 e. The number of benzene rings is 1. The molecule has 1 aliphatic heterocycles. The Labute approximate surface area is 111 Å². The molecule has 0 aliphatic carbocycles. The second kappa shape index (κ2) is 7.07. The zero-order valence-electron chi connectivity index (χ0n) is 12.1. The SMILES string of the molecule is CC.CNCC1NC(c2cccc(C)c2)=CN1C. The average molecular weight is 247 g/mol. The molecule has 3 heteroatoms. The molecular weight excluding hydrogens is 222 g/mol. The molecule has 0 saturated carbocycles. The predicted molar refractivity (Wildman–Crippen MR) is 79.1 cm³/mol. The lowest BCUT2D eigenvalue weighted by Crippen LogP contribution is -2.41. The van der Waals surface area contributed by atoms with E-state index in [4.69, 9.17) is 0 Å². The Morgan fingerprint density at radius 3 is 2.67 bits per heavy atom. The highest BCUT2D eigenvalue weighted by Gasteiger charge is 2.20. The van der Waals surface area contributed by atoms with Crippen molar-refractivity contribution in [3.05, 3.63) is 41.6 Å². The molecule has 3 nitrogen and oxygen atoms in total. The van der Waals surface area contributed by atoms with Crippen molar-refractivity contribution in [3.8, 4) is 0 Å². The van der Waals surface area contributed by atoms with Gasteiger partial charge in [-0.2, -0.15) is 0 Å². The molecule has 2 rings (SSSR count). The van der Waals surface area contributed by atoms with Crippen LogP contribution in [0.5, 0.6) is 0 Å². The number of hydrogen-bond acceptors (Lipinski definition) is 3. The van der Waals surface area contributed by atoms with Gasteiger partial charge in [-0.3, -0.25) is 0 Å². The number of rotatable bonds is 3. The quantitative estimate of drug-likeness (QED) is 0.859. The van der Waals surface area contributed by atoms with Crippen molar-refractivity contribution in [1.82, 2.24) is 15.5 Å². The number of nitrogens with zero attached hydrogens (tertiary/aromatic N) is 1. The van der Waals surface area contributed by atoms with Crippen LogP contribution in [0.4, 0.5) is 0 Å². The second-order valence-electron chi connectivity index (χ2n) is 4.30. The molecule has 100 valence electrons. The topological polar surface area (TPSA) is 27.3 Å². The molecule has 0 amide bonds. The first-order chi connectivity index (χ1) is 8.70. The lowest BCUT2D eigenvalue weighted by molar-refractivity contribution is 0.325. The fourth-order valence-corrected chi connectivity index (χ4v) is 1.97. The Kier molecular flexibility index (Phi) is 5.72. The lowest BCUT2D eigenvalue weighted by atomic mass is 10.1. The highest BCUT2D eigenvalue weighted by atomic mass is 15.3. The molecule has 0 radical (unpaired) electrons. The summed E-state index contributed by atoms with van der Waals surface area (Å²) in [5.41, 5.74) is 3.75. The Bertz CT molecular complexity index is 398. The van der Waals surface area contributed by atoms with Crippen LogP contribution >= 0.6 is 0 Å². The molecule has 1 unspecified atom stereocenters. The largest absolute Gasteiger partial charge is 0.363 e. The Balaban J connectivity index is 0.000000771. The van der Waals surface area contributed by atoms with Crippen LogP contribution in [0.2, 0.25) is 0 Å². The molecule has 1 atom stereocenters. The van der Waals surface area contributed by atoms with E-state index < -0.39 is 0 Å². The van der Waals surface area contributed by atoms with E-state index in [1.807, 2.05) is 20.9 Å². The Morgan fingerprint density at radius 1 is 1.33 bits per heavy atom. The number of hydrogen-bond donors (Lipinski definition) is 2. The van der Waals surface area contributed by atoms with Gasteiger partial charge in [0.25, 0.3) is 0 Å². The van der Waals surface area contributed by atoms with Gasteiger partial charge in [-0.15, -0.1) is 0 Å². The van der Waals surface area contributed by atoms with E-state index in [-0.39, 0.29) is 0 Å². The first-order valence-corrected chi connectivity index (χ1v) is 6.62. The Morgan fingerprint density at radius 2 is 2.06 bits per heavy atom. The van der Waals surface area contributed by atoms with Crippen molar-refractivity contribution in [1.29, 1.82) is 0 Å². The summed E-state index contributed by atoms with van der Waals surface area (Å²) in [4.78, 5) is 2.20. The van der Waals surface area contributed by atoms with Crippen LogP contribution in [0, 0.1) is 6.92 Å². The van der Waals surface area contributed by atoms with Crippen LogP contribution in [-0.4, -0.2) is 31.7 Å². The standard InChI is InChI=1S/C13H19N3.C2H6/c1-10-5-4-6-11(7-10)12-9-16(3)13(15-12)8-14-2;1-2/h4-7,9,13-15H,8H2,1-3H3;1-2H3. The zero-order chi connectivity index (χ0) is 13.5. The van der Waals surface area contributed by atoms with Gasteiger partial charge in [0.2, 0.25) is 0 Å². The number of likely N-dealkylation sites (N-methyl/N-ethyl adjacent to an activating group) is 2. The van der Waals surface area contributed by atoms with Crippen LogP contribution < -0.4 is 10.6 Å². The van der Waals surface area contributed by atoms with E-state index in [0.29, 0.717) is 6.17 Å². The zero-order valence-corrected chi connectivity index (χ0v) is 12.1. The molecule has 1 aromatic carbocycles. The maximum atomic E-state index is 3.51. The summed E-state index contributed by atoms with van der Waals surface area (Å²) in [7, 11) is 4.07. The molecule has 1 aromatic rings. The molecule has 1 aliphatic rings. The van der Waals surface area contributed by atoms with E-state index in [0.717, 1.165) is 6.54 Å². The number of nitrogens with one attached hydrogen (secondary N) is 2. The molecular formula is C15H25N3. The minimum absolute atomic E-state index is 0.348. The van der Waals surface area contributed by atoms with Gasteiger partial charge in [0.05, 0.1) is 5.70 Å². The summed E-state index contributed by atoms with van der Waals surface area (Å²) in [5.74, 6) is 0. The summed E-state index contributed by atoms with van der Waals surface area (Å²) in [6, 6.07) is 8.56. The van der Waals surface area contributed by atoms with E-state index in [2.05, 4.69) is 60.0 Å². The first kappa shape index (κ1) is 14.6. The van der Waals surface area contributed by atoms with E-state index >= 15 is 0 Å². The van der Waals surface area contributed by atoms with Crippen molar-refractivity contribution in [2.24, 2.45) is 0 Å². The van der Waals surface area contributed by atoms with E-state index in [1.54, 1.807) is 0 Å². The van der Waals surface area contributed by atoms with Gasteiger partial charge in [0, 0.05) is 19.8 Å². The monoisotopic (exact) mass is 247 g/mol. The van der Waals surface area contributed by atoms with Crippen molar-refractivity contribution in [2.45, 2.75) is 26.9 Å². The molecule has 0 bridgehead atoms. The average Bonchev–Trinajstić information content (AvgIpc) is 2.74. The van der Waals surface area contributed by atoms with Crippen LogP contribution in [-0.2, 0) is 0 Å². The van der Waals surface area contributed by atoms with Crippen LogP contribution in [0.15, 0.2) is 30.5 Å². The van der Waals surface area contributed by atoms with Crippen molar-refractivity contribution < 1.29 is 0 Å². The van der Waals surface area contributed by atoms with E-state index in [9.17, 15) is 0 Å². The normalized spacial score (nSPS) is 17.7. The second-order valence-corrected chi connectivity index (χ2v) is 4.30. The van der Waals surface area contributed by atoms with Gasteiger partial charge in [-0.1, -0.05) is 37.6 Å². The molecule has 0 spiro atoms. The van der Waals surface area contributed by atoms with Crippen LogP contribution in [0.3, 0.4) is 0 Å².